The zero-order valence-electron chi connectivity index (χ0n) is 11.5. The molecule has 0 unspecified atom stereocenters. The third kappa shape index (κ3) is 3.48. The number of ether oxygens (including phenoxy) is 3. The number of hydrogen-bond acceptors (Lipinski definition) is 6. The number of halogens is 1. The second-order valence-corrected chi connectivity index (χ2v) is 5.91. The molecule has 0 aliphatic carbocycles. The van der Waals surface area contributed by atoms with Crippen LogP contribution in [0.3, 0.4) is 0 Å². The molecular formula is C14H14BrNO4S. The van der Waals surface area contributed by atoms with Crippen LogP contribution in [0.15, 0.2) is 28.1 Å². The number of rotatable bonds is 5. The molecule has 0 saturated heterocycles. The first kappa shape index (κ1) is 15.7. The minimum atomic E-state index is -0.523. The number of nitrogens with two attached hydrogens (primary N) is 1. The van der Waals surface area contributed by atoms with Crippen molar-refractivity contribution in [2.75, 3.05) is 20.0 Å². The predicted molar refractivity (Wildman–Crippen MR) is 85.1 cm³/mol. The van der Waals surface area contributed by atoms with Gasteiger partial charge in [-0.3, -0.25) is 0 Å². The first-order chi connectivity index (χ1) is 10.1. The smallest absolute Gasteiger partial charge is 0.340 e. The van der Waals surface area contributed by atoms with Crippen molar-refractivity contribution in [1.82, 2.24) is 0 Å². The number of thiophene rings is 1. The Morgan fingerprint density at radius 3 is 2.67 bits per heavy atom. The van der Waals surface area contributed by atoms with Gasteiger partial charge in [0.1, 0.15) is 18.1 Å². The summed E-state index contributed by atoms with van der Waals surface area (Å²) in [4.78, 5) is 13.1. The lowest BCUT2D eigenvalue weighted by atomic mass is 10.1. The van der Waals surface area contributed by atoms with Crippen LogP contribution in [0.4, 0.5) is 5.69 Å². The summed E-state index contributed by atoms with van der Waals surface area (Å²) < 4.78 is 16.4. The van der Waals surface area contributed by atoms with Crippen LogP contribution in [-0.2, 0) is 11.3 Å². The van der Waals surface area contributed by atoms with Crippen LogP contribution in [0.1, 0.15) is 15.2 Å². The highest BCUT2D eigenvalue weighted by Gasteiger charge is 2.18. The van der Waals surface area contributed by atoms with E-state index in [1.165, 1.54) is 31.6 Å². The fourth-order valence-corrected chi connectivity index (χ4v) is 3.07. The molecule has 0 spiro atoms. The van der Waals surface area contributed by atoms with E-state index in [0.29, 0.717) is 11.5 Å². The fraction of sp³-hybridized carbons (Fsp3) is 0.214. The number of nitrogen functional groups attached to an aromatic ring is 1. The average molecular weight is 372 g/mol. The first-order valence-corrected chi connectivity index (χ1v) is 7.64. The topological polar surface area (TPSA) is 70.8 Å². The van der Waals surface area contributed by atoms with Crippen LogP contribution in [0.2, 0.25) is 0 Å². The van der Waals surface area contributed by atoms with Gasteiger partial charge in [0.05, 0.1) is 30.3 Å². The van der Waals surface area contributed by atoms with Crippen molar-refractivity contribution >= 4 is 38.9 Å². The standard InChI is InChI=1S/C14H14BrNO4S/c1-18-8-5-9(13(16)11(6-8)19-2)14(17)20-7-12-10(15)3-4-21-12/h3-6H,7,16H2,1-2H3. The van der Waals surface area contributed by atoms with E-state index >= 15 is 0 Å². The molecular weight excluding hydrogens is 358 g/mol. The average Bonchev–Trinajstić information content (AvgIpc) is 2.90. The van der Waals surface area contributed by atoms with Gasteiger partial charge in [-0.2, -0.15) is 0 Å². The van der Waals surface area contributed by atoms with Gasteiger partial charge >= 0.3 is 5.97 Å². The van der Waals surface area contributed by atoms with Gasteiger partial charge in [-0.15, -0.1) is 11.3 Å². The second-order valence-electron chi connectivity index (χ2n) is 4.06. The monoisotopic (exact) mass is 371 g/mol. The van der Waals surface area contributed by atoms with Crippen molar-refractivity contribution in [1.29, 1.82) is 0 Å². The Labute approximate surface area is 134 Å². The van der Waals surface area contributed by atoms with Gasteiger partial charge < -0.3 is 19.9 Å². The summed E-state index contributed by atoms with van der Waals surface area (Å²) in [6, 6.07) is 5.04. The van der Waals surface area contributed by atoms with Crippen molar-refractivity contribution in [2.45, 2.75) is 6.61 Å². The summed E-state index contributed by atoms with van der Waals surface area (Å²) in [6.45, 7) is 0.177. The number of methoxy groups -OCH3 is 2. The summed E-state index contributed by atoms with van der Waals surface area (Å²) in [6.07, 6.45) is 0. The molecule has 0 radical (unpaired) electrons. The Morgan fingerprint density at radius 2 is 2.10 bits per heavy atom. The maximum atomic E-state index is 12.2. The Bertz CT molecular complexity index is 656. The number of hydrogen-bond donors (Lipinski definition) is 1. The summed E-state index contributed by atoms with van der Waals surface area (Å²) in [5, 5.41) is 1.91. The highest BCUT2D eigenvalue weighted by molar-refractivity contribution is 9.10. The van der Waals surface area contributed by atoms with Crippen molar-refractivity contribution in [3.8, 4) is 11.5 Å². The number of carbonyl (C=O) groups is 1. The van der Waals surface area contributed by atoms with Crippen LogP contribution in [0, 0.1) is 0 Å². The number of benzene rings is 1. The Morgan fingerprint density at radius 1 is 1.33 bits per heavy atom. The van der Waals surface area contributed by atoms with Gasteiger partial charge in [0.2, 0.25) is 0 Å². The molecule has 1 aromatic carbocycles. The largest absolute Gasteiger partial charge is 0.497 e. The molecule has 112 valence electrons. The molecule has 0 saturated carbocycles. The molecule has 1 heterocycles. The molecule has 0 fully saturated rings. The van der Waals surface area contributed by atoms with Crippen molar-refractivity contribution in [3.05, 3.63) is 38.5 Å². The number of carbonyl (C=O) groups excluding carboxylic acids is 1. The van der Waals surface area contributed by atoms with Gasteiger partial charge in [-0.25, -0.2) is 4.79 Å². The lowest BCUT2D eigenvalue weighted by Crippen LogP contribution is -2.09. The maximum Gasteiger partial charge on any atom is 0.340 e. The molecule has 0 atom stereocenters. The van der Waals surface area contributed by atoms with Crippen molar-refractivity contribution < 1.29 is 19.0 Å². The zero-order chi connectivity index (χ0) is 15.4. The number of anilines is 1. The summed E-state index contributed by atoms with van der Waals surface area (Å²) in [5.41, 5.74) is 6.36. The molecule has 0 amide bonds. The summed E-state index contributed by atoms with van der Waals surface area (Å²) in [7, 11) is 2.98. The van der Waals surface area contributed by atoms with Gasteiger partial charge in [-0.05, 0) is 33.4 Å². The molecule has 0 bridgehead atoms. The van der Waals surface area contributed by atoms with Gasteiger partial charge in [0.15, 0.2) is 0 Å². The SMILES string of the molecule is COc1cc(OC)c(N)c(C(=O)OCc2sccc2Br)c1. The van der Waals surface area contributed by atoms with E-state index in [0.717, 1.165) is 9.35 Å². The Balaban J connectivity index is 2.20. The lowest BCUT2D eigenvalue weighted by Gasteiger charge is -2.12. The lowest BCUT2D eigenvalue weighted by molar-refractivity contribution is 0.0476. The highest BCUT2D eigenvalue weighted by Crippen LogP contribution is 2.32. The molecule has 2 N–H and O–H groups in total. The highest BCUT2D eigenvalue weighted by atomic mass is 79.9. The molecule has 1 aromatic heterocycles. The first-order valence-electron chi connectivity index (χ1n) is 5.97. The van der Waals surface area contributed by atoms with E-state index in [9.17, 15) is 4.79 Å². The number of esters is 1. The van der Waals surface area contributed by atoms with E-state index in [1.807, 2.05) is 11.4 Å². The van der Waals surface area contributed by atoms with Gasteiger partial charge in [-0.1, -0.05) is 0 Å². The molecule has 0 aliphatic heterocycles. The van der Waals surface area contributed by atoms with E-state index < -0.39 is 5.97 Å². The zero-order valence-corrected chi connectivity index (χ0v) is 13.9. The van der Waals surface area contributed by atoms with Crippen LogP contribution < -0.4 is 15.2 Å². The minimum absolute atomic E-state index is 0.177. The third-order valence-electron chi connectivity index (χ3n) is 2.82. The van der Waals surface area contributed by atoms with Crippen molar-refractivity contribution in [3.63, 3.8) is 0 Å². The Hall–Kier alpha value is -1.73. The van der Waals surface area contributed by atoms with Crippen LogP contribution >= 0.6 is 27.3 Å². The molecule has 2 rings (SSSR count). The van der Waals surface area contributed by atoms with Crippen LogP contribution in [0.5, 0.6) is 11.5 Å². The van der Waals surface area contributed by atoms with Crippen molar-refractivity contribution in [2.24, 2.45) is 0 Å². The minimum Gasteiger partial charge on any atom is -0.497 e. The molecule has 2 aromatic rings. The normalized spacial score (nSPS) is 10.2. The fourth-order valence-electron chi connectivity index (χ4n) is 1.69. The molecule has 21 heavy (non-hydrogen) atoms. The Kier molecular flexibility index (Phi) is 5.08. The van der Waals surface area contributed by atoms with Gasteiger partial charge in [0.25, 0.3) is 0 Å². The van der Waals surface area contributed by atoms with E-state index in [4.69, 9.17) is 19.9 Å². The second kappa shape index (κ2) is 6.82. The quantitative estimate of drug-likeness (QED) is 0.643. The molecule has 5 nitrogen and oxygen atoms in total. The summed E-state index contributed by atoms with van der Waals surface area (Å²) in [5.74, 6) is 0.328. The third-order valence-corrected chi connectivity index (χ3v) is 4.72. The maximum absolute atomic E-state index is 12.2. The summed E-state index contributed by atoms with van der Waals surface area (Å²) >= 11 is 4.89. The van der Waals surface area contributed by atoms with E-state index in [2.05, 4.69) is 15.9 Å². The predicted octanol–water partition coefficient (Wildman–Crippen LogP) is 3.47. The van der Waals surface area contributed by atoms with Crippen LogP contribution in [0.25, 0.3) is 0 Å². The van der Waals surface area contributed by atoms with Crippen LogP contribution in [-0.4, -0.2) is 20.2 Å². The van der Waals surface area contributed by atoms with Gasteiger partial charge in [0, 0.05) is 10.5 Å². The molecule has 7 heteroatoms. The molecule has 0 aliphatic rings. The van der Waals surface area contributed by atoms with E-state index in [1.54, 1.807) is 6.07 Å². The van der Waals surface area contributed by atoms with E-state index in [-0.39, 0.29) is 17.9 Å².